The van der Waals surface area contributed by atoms with E-state index < -0.39 is 0 Å². The predicted octanol–water partition coefficient (Wildman–Crippen LogP) is 2.22. The maximum absolute atomic E-state index is 4.37. The summed E-state index contributed by atoms with van der Waals surface area (Å²) in [5.74, 6) is 0. The van der Waals surface area contributed by atoms with Gasteiger partial charge in [-0.1, -0.05) is 20.8 Å². The van der Waals surface area contributed by atoms with Crippen LogP contribution < -0.4 is 5.32 Å². The average Bonchev–Trinajstić information content (AvgIpc) is 2.48. The Balaban J connectivity index is 2.10. The Bertz CT molecular complexity index is 375. The highest BCUT2D eigenvalue weighted by Gasteiger charge is 2.35. The minimum Gasteiger partial charge on any atom is -0.308 e. The predicted molar refractivity (Wildman–Crippen MR) is 77.8 cm³/mol. The molecule has 2 rings (SSSR count). The molecule has 1 aliphatic heterocycles. The third-order valence-corrected chi connectivity index (χ3v) is 4.57. The summed E-state index contributed by atoms with van der Waals surface area (Å²) in [7, 11) is 0. The summed E-state index contributed by atoms with van der Waals surface area (Å²) < 4.78 is 0. The molecule has 19 heavy (non-hydrogen) atoms. The van der Waals surface area contributed by atoms with Gasteiger partial charge in [0.2, 0.25) is 0 Å². The molecule has 4 nitrogen and oxygen atoms in total. The summed E-state index contributed by atoms with van der Waals surface area (Å²) >= 11 is 0. The van der Waals surface area contributed by atoms with Gasteiger partial charge in [-0.15, -0.1) is 0 Å². The van der Waals surface area contributed by atoms with Crippen molar-refractivity contribution < 1.29 is 0 Å². The molecule has 1 aromatic heterocycles. The van der Waals surface area contributed by atoms with Gasteiger partial charge >= 0.3 is 0 Å². The topological polar surface area (TPSA) is 41.0 Å². The van der Waals surface area contributed by atoms with Gasteiger partial charge in [0.15, 0.2) is 0 Å². The van der Waals surface area contributed by atoms with E-state index in [0.29, 0.717) is 6.04 Å². The molecule has 0 aromatic carbocycles. The van der Waals surface area contributed by atoms with Crippen molar-refractivity contribution in [1.82, 2.24) is 20.2 Å². The lowest BCUT2D eigenvalue weighted by Crippen LogP contribution is -2.63. The van der Waals surface area contributed by atoms with E-state index in [9.17, 15) is 0 Å². The summed E-state index contributed by atoms with van der Waals surface area (Å²) in [6.07, 6.45) is 7.02. The molecule has 0 radical (unpaired) electrons. The smallest absolute Gasteiger partial charge is 0.115 e. The molecule has 2 heterocycles. The van der Waals surface area contributed by atoms with Crippen molar-refractivity contribution in [2.45, 2.75) is 58.2 Å². The molecule has 0 saturated carbocycles. The summed E-state index contributed by atoms with van der Waals surface area (Å²) in [6, 6.07) is 2.63. The van der Waals surface area contributed by atoms with E-state index in [1.54, 1.807) is 6.33 Å². The van der Waals surface area contributed by atoms with Gasteiger partial charge in [-0.25, -0.2) is 9.97 Å². The number of nitrogens with zero attached hydrogens (tertiary/aromatic N) is 3. The maximum Gasteiger partial charge on any atom is 0.115 e. The number of hydrogen-bond acceptors (Lipinski definition) is 4. The van der Waals surface area contributed by atoms with Crippen molar-refractivity contribution in [3.05, 3.63) is 24.3 Å². The van der Waals surface area contributed by atoms with Gasteiger partial charge in [0.1, 0.15) is 6.33 Å². The molecule has 1 aliphatic rings. The minimum absolute atomic E-state index is 0.276. The molecule has 1 N–H and O–H groups in total. The normalized spacial score (nSPS) is 23.4. The third kappa shape index (κ3) is 3.31. The van der Waals surface area contributed by atoms with Gasteiger partial charge in [0.25, 0.3) is 0 Å². The van der Waals surface area contributed by atoms with E-state index in [2.05, 4.69) is 41.0 Å². The van der Waals surface area contributed by atoms with Crippen LogP contribution in [0.1, 0.15) is 45.7 Å². The molecule has 1 fully saturated rings. The molecule has 0 aliphatic carbocycles. The van der Waals surface area contributed by atoms with Crippen LogP contribution in [-0.4, -0.2) is 39.5 Å². The molecule has 1 aromatic rings. The summed E-state index contributed by atoms with van der Waals surface area (Å²) in [6.45, 7) is 9.97. The van der Waals surface area contributed by atoms with Gasteiger partial charge in [0.05, 0.1) is 5.69 Å². The van der Waals surface area contributed by atoms with E-state index >= 15 is 0 Å². The molecule has 4 heteroatoms. The third-order valence-electron chi connectivity index (χ3n) is 4.57. The molecule has 0 spiro atoms. The lowest BCUT2D eigenvalue weighted by molar-refractivity contribution is 0.0633. The first-order chi connectivity index (χ1) is 9.23. The van der Waals surface area contributed by atoms with E-state index in [1.165, 1.54) is 19.3 Å². The first kappa shape index (κ1) is 14.4. The van der Waals surface area contributed by atoms with Crippen molar-refractivity contribution in [3.8, 4) is 0 Å². The Morgan fingerprint density at radius 1 is 1.37 bits per heavy atom. The number of hydrogen-bond donors (Lipinski definition) is 1. The Hall–Kier alpha value is -1.00. The number of aromatic nitrogens is 2. The highest BCUT2D eigenvalue weighted by molar-refractivity contribution is 5.02. The second-order valence-electron chi connectivity index (χ2n) is 5.54. The zero-order valence-electron chi connectivity index (χ0n) is 12.4. The Morgan fingerprint density at radius 2 is 2.16 bits per heavy atom. The van der Waals surface area contributed by atoms with Gasteiger partial charge in [-0.2, -0.15) is 0 Å². The van der Waals surface area contributed by atoms with Crippen LogP contribution in [0.5, 0.6) is 0 Å². The van der Waals surface area contributed by atoms with Crippen LogP contribution in [0.2, 0.25) is 0 Å². The van der Waals surface area contributed by atoms with Crippen LogP contribution in [0.25, 0.3) is 0 Å². The second-order valence-corrected chi connectivity index (χ2v) is 5.54. The van der Waals surface area contributed by atoms with E-state index in [0.717, 1.165) is 25.3 Å². The Morgan fingerprint density at radius 3 is 2.74 bits per heavy atom. The summed E-state index contributed by atoms with van der Waals surface area (Å²) in [5.41, 5.74) is 1.40. The fourth-order valence-electron chi connectivity index (χ4n) is 2.97. The highest BCUT2D eigenvalue weighted by Crippen LogP contribution is 2.24. The Kier molecular flexibility index (Phi) is 4.88. The van der Waals surface area contributed by atoms with Gasteiger partial charge in [-0.3, -0.25) is 4.90 Å². The quantitative estimate of drug-likeness (QED) is 0.883. The van der Waals surface area contributed by atoms with E-state index in [1.807, 2.05) is 12.3 Å². The van der Waals surface area contributed by atoms with Gasteiger partial charge in [0, 0.05) is 37.4 Å². The van der Waals surface area contributed by atoms with Gasteiger partial charge < -0.3 is 5.32 Å². The highest BCUT2D eigenvalue weighted by atomic mass is 15.3. The fourth-order valence-corrected chi connectivity index (χ4v) is 2.97. The van der Waals surface area contributed by atoms with E-state index in [4.69, 9.17) is 0 Å². The summed E-state index contributed by atoms with van der Waals surface area (Å²) in [4.78, 5) is 11.0. The standard InChI is InChI=1S/C15H26N4/c1-4-14-9-18-15(5-2,6-3)11-19(14)10-13-7-8-16-12-17-13/h7-8,12,14,18H,4-6,9-11H2,1-3H3. The SMILES string of the molecule is CCC1CNC(CC)(CC)CN1Cc1ccncn1. The van der Waals surface area contributed by atoms with Crippen molar-refractivity contribution in [1.29, 1.82) is 0 Å². The molecule has 0 amide bonds. The zero-order valence-corrected chi connectivity index (χ0v) is 12.4. The number of rotatable bonds is 5. The van der Waals surface area contributed by atoms with Crippen molar-refractivity contribution in [2.75, 3.05) is 13.1 Å². The van der Waals surface area contributed by atoms with Crippen LogP contribution in [0.15, 0.2) is 18.6 Å². The van der Waals surface area contributed by atoms with Crippen LogP contribution in [0.3, 0.4) is 0 Å². The molecule has 1 atom stereocenters. The second kappa shape index (κ2) is 6.44. The van der Waals surface area contributed by atoms with Crippen LogP contribution in [-0.2, 0) is 6.54 Å². The molecule has 0 bridgehead atoms. The van der Waals surface area contributed by atoms with Crippen molar-refractivity contribution in [2.24, 2.45) is 0 Å². The first-order valence-corrected chi connectivity index (χ1v) is 7.47. The molecular formula is C15H26N4. The van der Waals surface area contributed by atoms with Gasteiger partial charge in [-0.05, 0) is 25.3 Å². The molecular weight excluding hydrogens is 236 g/mol. The minimum atomic E-state index is 0.276. The fraction of sp³-hybridized carbons (Fsp3) is 0.733. The zero-order chi connectivity index (χ0) is 13.7. The van der Waals surface area contributed by atoms with Crippen LogP contribution in [0, 0.1) is 0 Å². The van der Waals surface area contributed by atoms with Crippen LogP contribution in [0.4, 0.5) is 0 Å². The average molecular weight is 262 g/mol. The Labute approximate surface area is 116 Å². The largest absolute Gasteiger partial charge is 0.308 e. The molecule has 1 saturated heterocycles. The first-order valence-electron chi connectivity index (χ1n) is 7.47. The monoisotopic (exact) mass is 262 g/mol. The lowest BCUT2D eigenvalue weighted by atomic mass is 9.88. The maximum atomic E-state index is 4.37. The lowest BCUT2D eigenvalue weighted by Gasteiger charge is -2.47. The summed E-state index contributed by atoms with van der Waals surface area (Å²) in [5, 5.41) is 3.77. The molecule has 1 unspecified atom stereocenters. The van der Waals surface area contributed by atoms with E-state index in [-0.39, 0.29) is 5.54 Å². The van der Waals surface area contributed by atoms with Crippen molar-refractivity contribution in [3.63, 3.8) is 0 Å². The number of piperazine rings is 1. The molecule has 106 valence electrons. The van der Waals surface area contributed by atoms with Crippen molar-refractivity contribution >= 4 is 0 Å². The number of nitrogens with one attached hydrogen (secondary N) is 1. The van der Waals surface area contributed by atoms with Crippen LogP contribution >= 0.6 is 0 Å².